The molecule has 118 valence electrons. The lowest BCUT2D eigenvalue weighted by atomic mass is 9.96. The standard InChI is InChI=1S/C12H13N.C5H10N2OS/c1-3-7-11-9(5-1)10-6-2-4-8-12(10)13-11;6-3-5(8)7-1-2-9-4-7/h1,3,5,7,13H,2,4,6,8H2;1-4,6H2. The number of aryl methyl sites for hydroxylation is 2. The van der Waals surface area contributed by atoms with Gasteiger partial charge in [0.15, 0.2) is 0 Å². The van der Waals surface area contributed by atoms with Gasteiger partial charge in [0, 0.05) is 28.9 Å². The van der Waals surface area contributed by atoms with E-state index in [0.717, 1.165) is 18.2 Å². The molecule has 4 nitrogen and oxygen atoms in total. The van der Waals surface area contributed by atoms with Crippen molar-refractivity contribution < 1.29 is 4.79 Å². The largest absolute Gasteiger partial charge is 0.358 e. The molecule has 0 radical (unpaired) electrons. The summed E-state index contributed by atoms with van der Waals surface area (Å²) in [5.41, 5.74) is 9.52. The maximum atomic E-state index is 10.8. The van der Waals surface area contributed by atoms with Crippen molar-refractivity contribution in [1.82, 2.24) is 9.88 Å². The van der Waals surface area contributed by atoms with Crippen molar-refractivity contribution in [3.8, 4) is 0 Å². The third kappa shape index (κ3) is 3.31. The van der Waals surface area contributed by atoms with Crippen LogP contribution in [0, 0.1) is 0 Å². The van der Waals surface area contributed by atoms with E-state index in [-0.39, 0.29) is 12.5 Å². The lowest BCUT2D eigenvalue weighted by Gasteiger charge is -2.11. The van der Waals surface area contributed by atoms with Crippen molar-refractivity contribution in [3.05, 3.63) is 35.5 Å². The maximum absolute atomic E-state index is 10.8. The molecule has 0 spiro atoms. The first-order valence-electron chi connectivity index (χ1n) is 7.93. The summed E-state index contributed by atoms with van der Waals surface area (Å²) in [5.74, 6) is 1.96. The van der Waals surface area contributed by atoms with E-state index in [0.29, 0.717) is 0 Å². The van der Waals surface area contributed by atoms with Crippen LogP contribution in [0.25, 0.3) is 10.9 Å². The highest BCUT2D eigenvalue weighted by atomic mass is 32.2. The SMILES string of the molecule is NCC(=O)N1CCSC1.c1ccc2c3c([nH]c2c1)CCCC3. The summed E-state index contributed by atoms with van der Waals surface area (Å²) in [6.45, 7) is 1.03. The number of aromatic amines is 1. The number of carbonyl (C=O) groups is 1. The molecule has 2 aliphatic rings. The highest BCUT2D eigenvalue weighted by molar-refractivity contribution is 7.99. The smallest absolute Gasteiger partial charge is 0.237 e. The number of carbonyl (C=O) groups excluding carboxylic acids is 1. The second-order valence-electron chi connectivity index (χ2n) is 5.73. The van der Waals surface area contributed by atoms with Gasteiger partial charge in [0.25, 0.3) is 0 Å². The molecule has 2 aromatic rings. The second kappa shape index (κ2) is 7.20. The summed E-state index contributed by atoms with van der Waals surface area (Å²) in [6, 6.07) is 8.64. The minimum absolute atomic E-state index is 0.0694. The molecule has 3 N–H and O–H groups in total. The van der Waals surface area contributed by atoms with Gasteiger partial charge < -0.3 is 15.6 Å². The van der Waals surface area contributed by atoms with E-state index in [1.807, 2.05) is 0 Å². The van der Waals surface area contributed by atoms with Gasteiger partial charge in [-0.05, 0) is 37.3 Å². The van der Waals surface area contributed by atoms with Crippen LogP contribution >= 0.6 is 11.8 Å². The number of hydrogen-bond acceptors (Lipinski definition) is 3. The van der Waals surface area contributed by atoms with Gasteiger partial charge in [-0.1, -0.05) is 18.2 Å². The number of H-pyrrole nitrogens is 1. The number of nitrogens with zero attached hydrogens (tertiary/aromatic N) is 1. The number of rotatable bonds is 1. The van der Waals surface area contributed by atoms with Crippen molar-refractivity contribution in [2.24, 2.45) is 5.73 Å². The van der Waals surface area contributed by atoms with Crippen molar-refractivity contribution in [2.75, 3.05) is 24.7 Å². The molecular formula is C17H23N3OS. The zero-order valence-electron chi connectivity index (χ0n) is 12.8. The van der Waals surface area contributed by atoms with Crippen molar-refractivity contribution in [3.63, 3.8) is 0 Å². The number of aromatic nitrogens is 1. The summed E-state index contributed by atoms with van der Waals surface area (Å²) in [6.07, 6.45) is 5.21. The van der Waals surface area contributed by atoms with E-state index in [2.05, 4.69) is 29.2 Å². The fourth-order valence-corrected chi connectivity index (χ4v) is 4.07. The number of amides is 1. The topological polar surface area (TPSA) is 62.1 Å². The zero-order chi connectivity index (χ0) is 15.4. The summed E-state index contributed by atoms with van der Waals surface area (Å²) in [4.78, 5) is 16.1. The molecule has 1 aliphatic carbocycles. The number of hydrogen-bond donors (Lipinski definition) is 2. The Morgan fingerprint density at radius 3 is 2.86 bits per heavy atom. The quantitative estimate of drug-likeness (QED) is 0.849. The fraction of sp³-hybridized carbons (Fsp3) is 0.471. The first kappa shape index (κ1) is 15.4. The molecule has 1 aliphatic heterocycles. The number of para-hydroxylation sites is 1. The van der Waals surface area contributed by atoms with Crippen LogP contribution in [0.3, 0.4) is 0 Å². The molecule has 2 heterocycles. The lowest BCUT2D eigenvalue weighted by Crippen LogP contribution is -2.33. The summed E-state index contributed by atoms with van der Waals surface area (Å²) < 4.78 is 0. The van der Waals surface area contributed by atoms with Gasteiger partial charge in [-0.15, -0.1) is 11.8 Å². The number of thioether (sulfide) groups is 1. The fourth-order valence-electron chi connectivity index (χ4n) is 3.10. The molecule has 1 aromatic carbocycles. The molecular weight excluding hydrogens is 294 g/mol. The van der Waals surface area contributed by atoms with Gasteiger partial charge in [-0.25, -0.2) is 0 Å². The Hall–Kier alpha value is -1.46. The van der Waals surface area contributed by atoms with Crippen LogP contribution in [-0.2, 0) is 17.6 Å². The van der Waals surface area contributed by atoms with E-state index < -0.39 is 0 Å². The van der Waals surface area contributed by atoms with Crippen LogP contribution < -0.4 is 5.73 Å². The predicted octanol–water partition coefficient (Wildman–Crippen LogP) is 2.52. The van der Waals surface area contributed by atoms with E-state index >= 15 is 0 Å². The van der Waals surface area contributed by atoms with Gasteiger partial charge in [0.2, 0.25) is 5.91 Å². The third-order valence-corrected chi connectivity index (χ3v) is 5.25. The van der Waals surface area contributed by atoms with Crippen LogP contribution in [0.4, 0.5) is 0 Å². The van der Waals surface area contributed by atoms with Crippen LogP contribution in [0.15, 0.2) is 24.3 Å². The zero-order valence-corrected chi connectivity index (χ0v) is 13.6. The number of nitrogens with two attached hydrogens (primary N) is 1. The number of fused-ring (bicyclic) bond motifs is 3. The highest BCUT2D eigenvalue weighted by Gasteiger charge is 2.16. The minimum atomic E-state index is 0.0694. The molecule has 1 aromatic heterocycles. The molecule has 0 bridgehead atoms. The van der Waals surface area contributed by atoms with Crippen LogP contribution in [-0.4, -0.2) is 40.5 Å². The summed E-state index contributed by atoms with van der Waals surface area (Å²) in [7, 11) is 0. The van der Waals surface area contributed by atoms with Gasteiger partial charge in [-0.3, -0.25) is 4.79 Å². The molecule has 0 saturated carbocycles. The Morgan fingerprint density at radius 2 is 2.09 bits per heavy atom. The van der Waals surface area contributed by atoms with E-state index in [1.54, 1.807) is 22.2 Å². The highest BCUT2D eigenvalue weighted by Crippen LogP contribution is 2.28. The molecule has 1 fully saturated rings. The predicted molar refractivity (Wildman–Crippen MR) is 93.0 cm³/mol. The van der Waals surface area contributed by atoms with Crippen LogP contribution in [0.1, 0.15) is 24.1 Å². The molecule has 1 amide bonds. The lowest BCUT2D eigenvalue weighted by molar-refractivity contribution is -0.128. The number of benzene rings is 1. The van der Waals surface area contributed by atoms with Crippen molar-refractivity contribution in [1.29, 1.82) is 0 Å². The Bertz CT molecular complexity index is 646. The third-order valence-electron chi connectivity index (χ3n) is 4.29. The Balaban J connectivity index is 0.000000142. The first-order chi connectivity index (χ1) is 10.8. The molecule has 4 rings (SSSR count). The molecule has 1 saturated heterocycles. The van der Waals surface area contributed by atoms with Crippen molar-refractivity contribution >= 4 is 28.6 Å². The van der Waals surface area contributed by atoms with E-state index in [1.165, 1.54) is 42.3 Å². The average Bonchev–Trinajstić information content (AvgIpc) is 3.22. The van der Waals surface area contributed by atoms with E-state index in [9.17, 15) is 4.79 Å². The van der Waals surface area contributed by atoms with Gasteiger partial charge >= 0.3 is 0 Å². The minimum Gasteiger partial charge on any atom is -0.358 e. The monoisotopic (exact) mass is 317 g/mol. The summed E-state index contributed by atoms with van der Waals surface area (Å²) in [5, 5.41) is 1.44. The first-order valence-corrected chi connectivity index (χ1v) is 9.09. The average molecular weight is 317 g/mol. The number of nitrogens with one attached hydrogen (secondary N) is 1. The van der Waals surface area contributed by atoms with Gasteiger partial charge in [0.1, 0.15) is 0 Å². The van der Waals surface area contributed by atoms with Crippen LogP contribution in [0.2, 0.25) is 0 Å². The van der Waals surface area contributed by atoms with Gasteiger partial charge in [-0.2, -0.15) is 0 Å². The Labute approximate surface area is 135 Å². The normalized spacial score (nSPS) is 17.0. The molecule has 0 unspecified atom stereocenters. The Morgan fingerprint density at radius 1 is 1.27 bits per heavy atom. The Kier molecular flexibility index (Phi) is 5.05. The molecule has 0 atom stereocenters. The van der Waals surface area contributed by atoms with Crippen LogP contribution in [0.5, 0.6) is 0 Å². The van der Waals surface area contributed by atoms with Crippen molar-refractivity contribution in [2.45, 2.75) is 25.7 Å². The molecule has 22 heavy (non-hydrogen) atoms. The second-order valence-corrected chi connectivity index (χ2v) is 6.81. The maximum Gasteiger partial charge on any atom is 0.237 e. The van der Waals surface area contributed by atoms with E-state index in [4.69, 9.17) is 5.73 Å². The molecule has 5 heteroatoms. The van der Waals surface area contributed by atoms with Gasteiger partial charge in [0.05, 0.1) is 12.4 Å². The summed E-state index contributed by atoms with van der Waals surface area (Å²) >= 11 is 1.78.